The van der Waals surface area contributed by atoms with E-state index in [1.54, 1.807) is 0 Å². The Hall–Kier alpha value is -1.76. The van der Waals surface area contributed by atoms with Gasteiger partial charge in [-0.15, -0.1) is 0 Å². The minimum absolute atomic E-state index is 0.0764. The molecule has 1 N–H and O–H groups in total. The van der Waals surface area contributed by atoms with Crippen LogP contribution in [0, 0.1) is 0 Å². The fourth-order valence-electron chi connectivity index (χ4n) is 2.48. The van der Waals surface area contributed by atoms with Crippen molar-refractivity contribution in [1.29, 1.82) is 0 Å². The first kappa shape index (κ1) is 16.6. The number of ether oxygens (including phenoxy) is 1. The summed E-state index contributed by atoms with van der Waals surface area (Å²) in [5.74, 6) is -0.441. The lowest BCUT2D eigenvalue weighted by molar-refractivity contribution is -0.138. The number of aliphatic carboxylic acids is 1. The maximum absolute atomic E-state index is 12.5. The van der Waals surface area contributed by atoms with Crippen LogP contribution in [0.3, 0.4) is 0 Å². The fraction of sp³-hybridized carbons (Fsp3) is 0.533. The average molecular weight is 317 g/mol. The van der Waals surface area contributed by atoms with Gasteiger partial charge < -0.3 is 9.84 Å². The van der Waals surface area contributed by atoms with E-state index in [0.717, 1.165) is 31.5 Å². The topological polar surface area (TPSA) is 49.8 Å². The van der Waals surface area contributed by atoms with Crippen LogP contribution in [0.4, 0.5) is 13.2 Å². The van der Waals surface area contributed by atoms with Crippen molar-refractivity contribution in [3.05, 3.63) is 29.8 Å². The van der Waals surface area contributed by atoms with Crippen LogP contribution in [0.15, 0.2) is 24.3 Å². The number of piperidine rings is 1. The summed E-state index contributed by atoms with van der Waals surface area (Å²) in [7, 11) is 0. The van der Waals surface area contributed by atoms with Gasteiger partial charge in [-0.1, -0.05) is 0 Å². The van der Waals surface area contributed by atoms with Crippen LogP contribution in [-0.4, -0.2) is 41.7 Å². The maximum atomic E-state index is 12.5. The number of hydrogen-bond donors (Lipinski definition) is 1. The molecule has 0 saturated carbocycles. The second kappa shape index (κ2) is 7.00. The molecule has 22 heavy (non-hydrogen) atoms. The zero-order valence-corrected chi connectivity index (χ0v) is 12.0. The molecule has 1 aromatic rings. The Morgan fingerprint density at radius 1 is 1.32 bits per heavy atom. The third-order valence-corrected chi connectivity index (χ3v) is 3.59. The average Bonchev–Trinajstić information content (AvgIpc) is 2.45. The molecule has 4 nitrogen and oxygen atoms in total. The lowest BCUT2D eigenvalue weighted by Gasteiger charge is -2.32. The zero-order valence-electron chi connectivity index (χ0n) is 12.0. The van der Waals surface area contributed by atoms with Crippen LogP contribution in [0.2, 0.25) is 0 Å². The highest BCUT2D eigenvalue weighted by molar-refractivity contribution is 5.66. The Kier molecular flexibility index (Phi) is 5.28. The first-order valence-electron chi connectivity index (χ1n) is 7.12. The summed E-state index contributed by atoms with van der Waals surface area (Å²) in [6, 6.07) is 4.64. The predicted octanol–water partition coefficient (Wildman–Crippen LogP) is 3.02. The molecular formula is C15H18F3NO3. The zero-order chi connectivity index (χ0) is 16.2. The lowest BCUT2D eigenvalue weighted by Crippen LogP contribution is -2.41. The van der Waals surface area contributed by atoms with E-state index in [-0.39, 0.29) is 12.5 Å². The predicted molar refractivity (Wildman–Crippen MR) is 73.8 cm³/mol. The van der Waals surface area contributed by atoms with Gasteiger partial charge in [0.25, 0.3) is 0 Å². The fourth-order valence-corrected chi connectivity index (χ4v) is 2.48. The molecule has 0 aliphatic carbocycles. The summed E-state index contributed by atoms with van der Waals surface area (Å²) >= 11 is 0. The Labute approximate surface area is 126 Å². The van der Waals surface area contributed by atoms with E-state index in [9.17, 15) is 18.0 Å². The minimum Gasteiger partial charge on any atom is -0.489 e. The van der Waals surface area contributed by atoms with Crippen molar-refractivity contribution in [3.8, 4) is 5.75 Å². The van der Waals surface area contributed by atoms with Crippen molar-refractivity contribution in [2.24, 2.45) is 0 Å². The van der Waals surface area contributed by atoms with Crippen molar-refractivity contribution in [2.45, 2.75) is 31.5 Å². The number of halogens is 3. The molecule has 122 valence electrons. The summed E-state index contributed by atoms with van der Waals surface area (Å²) in [5, 5.41) is 8.69. The van der Waals surface area contributed by atoms with Crippen LogP contribution in [0.5, 0.6) is 5.75 Å². The van der Waals surface area contributed by atoms with Crippen molar-refractivity contribution in [2.75, 3.05) is 19.6 Å². The summed E-state index contributed by atoms with van der Waals surface area (Å²) < 4.78 is 43.2. The number of likely N-dealkylation sites (tertiary alicyclic amines) is 1. The number of alkyl halides is 3. The third kappa shape index (κ3) is 4.91. The van der Waals surface area contributed by atoms with Gasteiger partial charge in [-0.05, 0) is 43.7 Å². The van der Waals surface area contributed by atoms with E-state index in [0.29, 0.717) is 18.8 Å². The van der Waals surface area contributed by atoms with Gasteiger partial charge in [-0.3, -0.25) is 9.69 Å². The normalized spacial score (nSPS) is 19.9. The van der Waals surface area contributed by atoms with Gasteiger partial charge in [-0.2, -0.15) is 13.2 Å². The molecule has 1 fully saturated rings. The molecule has 1 heterocycles. The standard InChI is InChI=1S/C15H18F3NO3/c16-15(17,18)11-3-5-12(6-4-11)22-13-2-1-8-19(10-13)9-7-14(20)21/h3-6,13H,1-2,7-10H2,(H,20,21). The van der Waals surface area contributed by atoms with Gasteiger partial charge in [0, 0.05) is 13.1 Å². The van der Waals surface area contributed by atoms with Gasteiger partial charge in [-0.25, -0.2) is 0 Å². The van der Waals surface area contributed by atoms with Crippen molar-refractivity contribution >= 4 is 5.97 Å². The van der Waals surface area contributed by atoms with Crippen molar-refractivity contribution < 1.29 is 27.8 Å². The van der Waals surface area contributed by atoms with E-state index >= 15 is 0 Å². The van der Waals surface area contributed by atoms with Crippen LogP contribution in [-0.2, 0) is 11.0 Å². The summed E-state index contributed by atoms with van der Waals surface area (Å²) in [6.07, 6.45) is -2.71. The summed E-state index contributed by atoms with van der Waals surface area (Å²) in [6.45, 7) is 1.87. The number of carbonyl (C=O) groups is 1. The summed E-state index contributed by atoms with van der Waals surface area (Å²) in [5.41, 5.74) is -0.702. The molecule has 0 amide bonds. The van der Waals surface area contributed by atoms with E-state index in [4.69, 9.17) is 9.84 Å². The smallest absolute Gasteiger partial charge is 0.416 e. The van der Waals surface area contributed by atoms with Crippen LogP contribution < -0.4 is 4.74 Å². The second-order valence-electron chi connectivity index (χ2n) is 5.35. The number of benzene rings is 1. The Morgan fingerprint density at radius 2 is 2.00 bits per heavy atom. The SMILES string of the molecule is O=C(O)CCN1CCCC(Oc2ccc(C(F)(F)F)cc2)C1. The number of carboxylic acid groups (broad SMARTS) is 1. The Morgan fingerprint density at radius 3 is 2.59 bits per heavy atom. The summed E-state index contributed by atoms with van der Waals surface area (Å²) in [4.78, 5) is 12.6. The second-order valence-corrected chi connectivity index (χ2v) is 5.35. The first-order valence-corrected chi connectivity index (χ1v) is 7.12. The first-order chi connectivity index (χ1) is 10.3. The number of hydrogen-bond acceptors (Lipinski definition) is 3. The van der Waals surface area contributed by atoms with Crippen molar-refractivity contribution in [3.63, 3.8) is 0 Å². The van der Waals surface area contributed by atoms with E-state index in [1.165, 1.54) is 12.1 Å². The van der Waals surface area contributed by atoms with Gasteiger partial charge in [0.15, 0.2) is 0 Å². The Balaban J connectivity index is 1.88. The Bertz CT molecular complexity index is 502. The molecule has 1 unspecified atom stereocenters. The molecule has 1 aromatic carbocycles. The minimum atomic E-state index is -4.35. The quantitative estimate of drug-likeness (QED) is 0.907. The highest BCUT2D eigenvalue weighted by Gasteiger charge is 2.30. The molecule has 1 aliphatic rings. The number of rotatable bonds is 5. The molecule has 2 rings (SSSR count). The molecule has 0 radical (unpaired) electrons. The molecular weight excluding hydrogens is 299 g/mol. The molecule has 0 aromatic heterocycles. The molecule has 7 heteroatoms. The molecule has 1 aliphatic heterocycles. The molecule has 0 spiro atoms. The van der Waals surface area contributed by atoms with Crippen LogP contribution in [0.25, 0.3) is 0 Å². The highest BCUT2D eigenvalue weighted by Crippen LogP contribution is 2.30. The van der Waals surface area contributed by atoms with Crippen molar-refractivity contribution in [1.82, 2.24) is 4.90 Å². The lowest BCUT2D eigenvalue weighted by atomic mass is 10.1. The van der Waals surface area contributed by atoms with E-state index < -0.39 is 17.7 Å². The van der Waals surface area contributed by atoms with Gasteiger partial charge in [0.05, 0.1) is 12.0 Å². The van der Waals surface area contributed by atoms with Crippen LogP contribution in [0.1, 0.15) is 24.8 Å². The monoisotopic (exact) mass is 317 g/mol. The number of nitrogens with zero attached hydrogens (tertiary/aromatic N) is 1. The van der Waals surface area contributed by atoms with Gasteiger partial charge >= 0.3 is 12.1 Å². The molecule has 1 atom stereocenters. The molecule has 1 saturated heterocycles. The highest BCUT2D eigenvalue weighted by atomic mass is 19.4. The number of carboxylic acids is 1. The van der Waals surface area contributed by atoms with E-state index in [1.807, 2.05) is 4.90 Å². The van der Waals surface area contributed by atoms with E-state index in [2.05, 4.69) is 0 Å². The van der Waals surface area contributed by atoms with Gasteiger partial charge in [0.1, 0.15) is 11.9 Å². The molecule has 0 bridgehead atoms. The van der Waals surface area contributed by atoms with Gasteiger partial charge in [0.2, 0.25) is 0 Å². The third-order valence-electron chi connectivity index (χ3n) is 3.59. The van der Waals surface area contributed by atoms with Crippen LogP contribution >= 0.6 is 0 Å². The largest absolute Gasteiger partial charge is 0.489 e. The maximum Gasteiger partial charge on any atom is 0.416 e.